The van der Waals surface area contributed by atoms with Crippen LogP contribution in [-0.4, -0.2) is 25.4 Å². The van der Waals surface area contributed by atoms with Crippen LogP contribution in [0.5, 0.6) is 5.75 Å². The predicted octanol–water partition coefficient (Wildman–Crippen LogP) is 4.19. The zero-order chi connectivity index (χ0) is 15.8. The van der Waals surface area contributed by atoms with E-state index in [1.165, 1.54) is 5.56 Å². The molecule has 0 aliphatic heterocycles. The van der Waals surface area contributed by atoms with Gasteiger partial charge in [-0.25, -0.2) is 0 Å². The fraction of sp³-hybridized carbons (Fsp3) is 0.667. The lowest BCUT2D eigenvalue weighted by Gasteiger charge is -2.23. The molecule has 120 valence electrons. The number of hydrogen-bond donors (Lipinski definition) is 1. The summed E-state index contributed by atoms with van der Waals surface area (Å²) >= 11 is 0. The van der Waals surface area contributed by atoms with Gasteiger partial charge in [0.15, 0.2) is 0 Å². The summed E-state index contributed by atoms with van der Waals surface area (Å²) in [6.45, 7) is 14.3. The van der Waals surface area contributed by atoms with Crippen LogP contribution in [0.4, 0.5) is 0 Å². The lowest BCUT2D eigenvalue weighted by Crippen LogP contribution is -2.28. The Kier molecular flexibility index (Phi) is 7.76. The van der Waals surface area contributed by atoms with Crippen LogP contribution in [0.2, 0.25) is 0 Å². The van der Waals surface area contributed by atoms with Crippen molar-refractivity contribution in [3.05, 3.63) is 29.8 Å². The third-order valence-electron chi connectivity index (χ3n) is 3.57. The molecule has 0 spiro atoms. The molecule has 2 atom stereocenters. The van der Waals surface area contributed by atoms with Gasteiger partial charge in [0.2, 0.25) is 0 Å². The molecule has 0 fully saturated rings. The van der Waals surface area contributed by atoms with E-state index in [-0.39, 0.29) is 18.2 Å². The van der Waals surface area contributed by atoms with Crippen molar-refractivity contribution in [1.82, 2.24) is 5.32 Å². The molecule has 0 bridgehead atoms. The number of nitrogens with one attached hydrogen (secondary N) is 1. The van der Waals surface area contributed by atoms with Crippen LogP contribution in [0.1, 0.15) is 53.1 Å². The lowest BCUT2D eigenvalue weighted by molar-refractivity contribution is 0.0220. The van der Waals surface area contributed by atoms with Gasteiger partial charge in [0.05, 0.1) is 24.9 Å². The van der Waals surface area contributed by atoms with Crippen molar-refractivity contribution < 1.29 is 9.47 Å². The molecule has 1 N–H and O–H groups in total. The van der Waals surface area contributed by atoms with Gasteiger partial charge in [-0.3, -0.25) is 0 Å². The molecule has 0 saturated carbocycles. The molecule has 1 rings (SSSR count). The standard InChI is InChI=1S/C18H31NO2/c1-7-19-18(12-20-15(6)13(2)3)16-8-10-17(11-9-16)21-14(4)5/h8-11,13-15,18-19H,7,12H2,1-6H3. The zero-order valence-electron chi connectivity index (χ0n) is 14.3. The van der Waals surface area contributed by atoms with Crippen LogP contribution >= 0.6 is 0 Å². The van der Waals surface area contributed by atoms with E-state index in [9.17, 15) is 0 Å². The minimum absolute atomic E-state index is 0.204. The minimum Gasteiger partial charge on any atom is -0.491 e. The van der Waals surface area contributed by atoms with Gasteiger partial charge < -0.3 is 14.8 Å². The summed E-state index contributed by atoms with van der Waals surface area (Å²) < 4.78 is 11.7. The first-order valence-electron chi connectivity index (χ1n) is 8.05. The molecule has 0 saturated heterocycles. The molecule has 0 aliphatic carbocycles. The Hall–Kier alpha value is -1.06. The highest BCUT2D eigenvalue weighted by molar-refractivity contribution is 5.29. The van der Waals surface area contributed by atoms with Crippen LogP contribution in [-0.2, 0) is 4.74 Å². The van der Waals surface area contributed by atoms with Crippen LogP contribution < -0.4 is 10.1 Å². The maximum atomic E-state index is 5.97. The maximum Gasteiger partial charge on any atom is 0.119 e. The highest BCUT2D eigenvalue weighted by Gasteiger charge is 2.14. The largest absolute Gasteiger partial charge is 0.491 e. The summed E-state index contributed by atoms with van der Waals surface area (Å²) in [5.74, 6) is 1.45. The first-order chi connectivity index (χ1) is 9.93. The van der Waals surface area contributed by atoms with Crippen molar-refractivity contribution in [1.29, 1.82) is 0 Å². The quantitative estimate of drug-likeness (QED) is 0.740. The second-order valence-corrected chi connectivity index (χ2v) is 6.13. The fourth-order valence-electron chi connectivity index (χ4n) is 2.01. The molecule has 0 aromatic heterocycles. The molecule has 1 aromatic carbocycles. The maximum absolute atomic E-state index is 5.97. The summed E-state index contributed by atoms with van der Waals surface area (Å²) in [5, 5.41) is 3.49. The number of hydrogen-bond acceptors (Lipinski definition) is 3. The molecule has 3 heteroatoms. The van der Waals surface area contributed by atoms with Crippen LogP contribution in [0.25, 0.3) is 0 Å². The van der Waals surface area contributed by atoms with Crippen molar-refractivity contribution >= 4 is 0 Å². The Bertz CT molecular complexity index is 387. The molecule has 2 unspecified atom stereocenters. The minimum atomic E-state index is 0.204. The molecule has 3 nitrogen and oxygen atoms in total. The summed E-state index contributed by atoms with van der Waals surface area (Å²) in [4.78, 5) is 0. The topological polar surface area (TPSA) is 30.5 Å². The molecule has 0 aliphatic rings. The average Bonchev–Trinajstić information content (AvgIpc) is 2.43. The normalized spacial score (nSPS) is 14.5. The first-order valence-corrected chi connectivity index (χ1v) is 8.05. The van der Waals surface area contributed by atoms with E-state index in [0.717, 1.165) is 12.3 Å². The van der Waals surface area contributed by atoms with E-state index in [2.05, 4.69) is 45.1 Å². The van der Waals surface area contributed by atoms with Crippen molar-refractivity contribution in [3.8, 4) is 5.75 Å². The van der Waals surface area contributed by atoms with Gasteiger partial charge in [-0.2, -0.15) is 0 Å². The smallest absolute Gasteiger partial charge is 0.119 e. The van der Waals surface area contributed by atoms with E-state index < -0.39 is 0 Å². The predicted molar refractivity (Wildman–Crippen MR) is 88.9 cm³/mol. The fourth-order valence-corrected chi connectivity index (χ4v) is 2.01. The van der Waals surface area contributed by atoms with E-state index >= 15 is 0 Å². The Labute approximate surface area is 130 Å². The number of rotatable bonds is 9. The van der Waals surface area contributed by atoms with Crippen molar-refractivity contribution in [3.63, 3.8) is 0 Å². The van der Waals surface area contributed by atoms with Gasteiger partial charge in [-0.1, -0.05) is 32.9 Å². The Morgan fingerprint density at radius 3 is 2.10 bits per heavy atom. The molecular weight excluding hydrogens is 262 g/mol. The second-order valence-electron chi connectivity index (χ2n) is 6.13. The van der Waals surface area contributed by atoms with Gasteiger partial charge in [0, 0.05) is 0 Å². The Balaban J connectivity index is 2.66. The molecule has 0 radical (unpaired) electrons. The van der Waals surface area contributed by atoms with Gasteiger partial charge in [-0.15, -0.1) is 0 Å². The second kappa shape index (κ2) is 9.06. The van der Waals surface area contributed by atoms with Gasteiger partial charge in [0.25, 0.3) is 0 Å². The molecular formula is C18H31NO2. The molecule has 1 aromatic rings. The lowest BCUT2D eigenvalue weighted by atomic mass is 10.1. The van der Waals surface area contributed by atoms with Crippen LogP contribution in [0.15, 0.2) is 24.3 Å². The third-order valence-corrected chi connectivity index (χ3v) is 3.57. The SMILES string of the molecule is CCNC(COC(C)C(C)C)c1ccc(OC(C)C)cc1. The van der Waals surface area contributed by atoms with Gasteiger partial charge >= 0.3 is 0 Å². The molecule has 21 heavy (non-hydrogen) atoms. The zero-order valence-corrected chi connectivity index (χ0v) is 14.3. The van der Waals surface area contributed by atoms with E-state index in [0.29, 0.717) is 12.5 Å². The van der Waals surface area contributed by atoms with E-state index in [4.69, 9.17) is 9.47 Å². The summed E-state index contributed by atoms with van der Waals surface area (Å²) in [7, 11) is 0. The number of likely N-dealkylation sites (N-methyl/N-ethyl adjacent to an activating group) is 1. The van der Waals surface area contributed by atoms with E-state index in [1.54, 1.807) is 0 Å². The average molecular weight is 293 g/mol. The molecule has 0 amide bonds. The monoisotopic (exact) mass is 293 g/mol. The van der Waals surface area contributed by atoms with Crippen molar-refractivity contribution in [2.24, 2.45) is 5.92 Å². The third kappa shape index (κ3) is 6.49. The van der Waals surface area contributed by atoms with Crippen molar-refractivity contribution in [2.45, 2.75) is 59.8 Å². The highest BCUT2D eigenvalue weighted by Crippen LogP contribution is 2.20. The van der Waals surface area contributed by atoms with Crippen molar-refractivity contribution in [2.75, 3.05) is 13.2 Å². The summed E-state index contributed by atoms with van der Waals surface area (Å²) in [5.41, 5.74) is 1.24. The first kappa shape index (κ1) is 18.0. The number of benzene rings is 1. The van der Waals surface area contributed by atoms with Crippen LogP contribution in [0.3, 0.4) is 0 Å². The molecule has 0 heterocycles. The van der Waals surface area contributed by atoms with Gasteiger partial charge in [0.1, 0.15) is 5.75 Å². The highest BCUT2D eigenvalue weighted by atomic mass is 16.5. The summed E-state index contributed by atoms with van der Waals surface area (Å²) in [6.07, 6.45) is 0.477. The Morgan fingerprint density at radius 1 is 1.00 bits per heavy atom. The summed E-state index contributed by atoms with van der Waals surface area (Å²) in [6, 6.07) is 8.53. The van der Waals surface area contributed by atoms with E-state index in [1.807, 2.05) is 26.0 Å². The number of ether oxygens (including phenoxy) is 2. The van der Waals surface area contributed by atoms with Crippen LogP contribution in [0, 0.1) is 5.92 Å². The van der Waals surface area contributed by atoms with Gasteiger partial charge in [-0.05, 0) is 50.9 Å². The Morgan fingerprint density at radius 2 is 1.62 bits per heavy atom.